The third-order valence-corrected chi connectivity index (χ3v) is 3.77. The minimum atomic E-state index is -0.367. The number of halogens is 2. The van der Waals surface area contributed by atoms with Crippen molar-refractivity contribution in [2.45, 2.75) is 6.92 Å². The van der Waals surface area contributed by atoms with Crippen molar-refractivity contribution in [3.05, 3.63) is 38.9 Å². The number of esters is 1. The zero-order valence-corrected chi connectivity index (χ0v) is 12.2. The van der Waals surface area contributed by atoms with E-state index >= 15 is 0 Å². The molecule has 0 saturated carbocycles. The largest absolute Gasteiger partial charge is 0.462 e. The van der Waals surface area contributed by atoms with Crippen LogP contribution in [0.4, 0.5) is 0 Å². The quantitative estimate of drug-likeness (QED) is 0.763. The van der Waals surface area contributed by atoms with Gasteiger partial charge in [0.15, 0.2) is 0 Å². The van der Waals surface area contributed by atoms with Crippen LogP contribution in [0.3, 0.4) is 0 Å². The fourth-order valence-corrected chi connectivity index (χ4v) is 2.56. The molecule has 0 aliphatic rings. The molecule has 3 nitrogen and oxygen atoms in total. The molecule has 5 heteroatoms. The topological polar surface area (TPSA) is 39.2 Å². The molecule has 1 heterocycles. The van der Waals surface area contributed by atoms with Gasteiger partial charge in [0.1, 0.15) is 0 Å². The van der Waals surface area contributed by atoms with Gasteiger partial charge in [0.05, 0.1) is 17.7 Å². The van der Waals surface area contributed by atoms with Crippen LogP contribution in [0.15, 0.2) is 33.3 Å². The van der Waals surface area contributed by atoms with Gasteiger partial charge in [-0.05, 0) is 44.8 Å². The van der Waals surface area contributed by atoms with Crippen molar-refractivity contribution in [1.82, 2.24) is 4.98 Å². The lowest BCUT2D eigenvalue weighted by molar-refractivity contribution is 0.0525. The zero-order valence-electron chi connectivity index (χ0n) is 9.04. The van der Waals surface area contributed by atoms with Gasteiger partial charge in [-0.2, -0.15) is 0 Å². The molecule has 2 aromatic rings. The number of aromatic nitrogens is 1. The van der Waals surface area contributed by atoms with Gasteiger partial charge in [-0.15, -0.1) is 0 Å². The molecular weight excluding hydrogens is 350 g/mol. The monoisotopic (exact) mass is 357 g/mol. The lowest BCUT2D eigenvalue weighted by Gasteiger charge is -2.07. The summed E-state index contributed by atoms with van der Waals surface area (Å²) in [4.78, 5) is 16.0. The molecule has 0 amide bonds. The zero-order chi connectivity index (χ0) is 12.4. The van der Waals surface area contributed by atoms with Crippen molar-refractivity contribution >= 4 is 48.7 Å². The Balaban J connectivity index is 2.62. The number of carbonyl (C=O) groups is 1. The Morgan fingerprint density at radius 3 is 2.88 bits per heavy atom. The maximum absolute atomic E-state index is 11.7. The van der Waals surface area contributed by atoms with E-state index in [1.807, 2.05) is 18.2 Å². The molecule has 2 rings (SSSR count). The molecule has 17 heavy (non-hydrogen) atoms. The van der Waals surface area contributed by atoms with Gasteiger partial charge in [0, 0.05) is 20.5 Å². The van der Waals surface area contributed by atoms with Crippen LogP contribution in [0.2, 0.25) is 0 Å². The van der Waals surface area contributed by atoms with Crippen LogP contribution in [0, 0.1) is 0 Å². The summed E-state index contributed by atoms with van der Waals surface area (Å²) in [5.74, 6) is -0.367. The predicted molar refractivity (Wildman–Crippen MR) is 73.1 cm³/mol. The van der Waals surface area contributed by atoms with E-state index in [1.54, 1.807) is 6.92 Å². The Labute approximate surface area is 115 Å². The Hall–Kier alpha value is -0.940. The number of hydrogen-bond donors (Lipinski definition) is 0. The van der Waals surface area contributed by atoms with Crippen molar-refractivity contribution in [3.8, 4) is 0 Å². The van der Waals surface area contributed by atoms with E-state index in [4.69, 9.17) is 4.74 Å². The molecule has 0 spiro atoms. The van der Waals surface area contributed by atoms with Crippen molar-refractivity contribution in [1.29, 1.82) is 0 Å². The van der Waals surface area contributed by atoms with Crippen LogP contribution in [0.1, 0.15) is 17.3 Å². The molecule has 0 aliphatic carbocycles. The summed E-state index contributed by atoms with van der Waals surface area (Å²) < 4.78 is 6.57. The molecule has 0 aliphatic heterocycles. The minimum Gasteiger partial charge on any atom is -0.462 e. The normalized spacial score (nSPS) is 10.5. The highest BCUT2D eigenvalue weighted by Gasteiger charge is 2.15. The van der Waals surface area contributed by atoms with Crippen LogP contribution in [-0.2, 0) is 4.74 Å². The highest BCUT2D eigenvalue weighted by molar-refractivity contribution is 9.11. The van der Waals surface area contributed by atoms with E-state index in [9.17, 15) is 4.79 Å². The molecule has 0 saturated heterocycles. The van der Waals surface area contributed by atoms with E-state index in [1.165, 1.54) is 6.20 Å². The summed E-state index contributed by atoms with van der Waals surface area (Å²) in [6.07, 6.45) is 1.52. The van der Waals surface area contributed by atoms with Gasteiger partial charge >= 0.3 is 5.97 Å². The second-order valence-electron chi connectivity index (χ2n) is 3.34. The predicted octanol–water partition coefficient (Wildman–Crippen LogP) is 3.94. The number of pyridine rings is 1. The number of hydrogen-bond acceptors (Lipinski definition) is 3. The van der Waals surface area contributed by atoms with Crippen molar-refractivity contribution in [3.63, 3.8) is 0 Å². The molecular formula is C12H9Br2NO2. The third kappa shape index (κ3) is 2.35. The number of benzene rings is 1. The second kappa shape index (κ2) is 5.14. The average molecular weight is 359 g/mol. The van der Waals surface area contributed by atoms with Gasteiger partial charge in [-0.25, -0.2) is 4.79 Å². The summed E-state index contributed by atoms with van der Waals surface area (Å²) in [5, 5.41) is 0.880. The SMILES string of the molecule is CCOC(=O)c1cnc2c(Br)cccc2c1Br. The second-order valence-corrected chi connectivity index (χ2v) is 4.99. The molecule has 0 fully saturated rings. The number of ether oxygens (including phenoxy) is 1. The van der Waals surface area contributed by atoms with Crippen LogP contribution in [0.5, 0.6) is 0 Å². The highest BCUT2D eigenvalue weighted by atomic mass is 79.9. The summed E-state index contributed by atoms with van der Waals surface area (Å²) in [7, 11) is 0. The number of carbonyl (C=O) groups excluding carboxylic acids is 1. The average Bonchev–Trinajstić information content (AvgIpc) is 2.31. The Kier molecular flexibility index (Phi) is 3.79. The summed E-state index contributed by atoms with van der Waals surface area (Å²) in [6.45, 7) is 2.12. The minimum absolute atomic E-state index is 0.349. The Bertz CT molecular complexity index is 584. The molecule has 0 unspecified atom stereocenters. The first-order valence-corrected chi connectivity index (χ1v) is 6.63. The summed E-state index contributed by atoms with van der Waals surface area (Å²) in [6, 6.07) is 5.71. The first kappa shape index (κ1) is 12.5. The fourth-order valence-electron chi connectivity index (χ4n) is 1.51. The maximum Gasteiger partial charge on any atom is 0.340 e. The third-order valence-electron chi connectivity index (χ3n) is 2.28. The van der Waals surface area contributed by atoms with Crippen LogP contribution in [-0.4, -0.2) is 17.6 Å². The first-order valence-electron chi connectivity index (χ1n) is 5.05. The Morgan fingerprint density at radius 2 is 2.18 bits per heavy atom. The summed E-state index contributed by atoms with van der Waals surface area (Å²) >= 11 is 6.85. The van der Waals surface area contributed by atoms with Crippen molar-refractivity contribution in [2.75, 3.05) is 6.61 Å². The van der Waals surface area contributed by atoms with Crippen molar-refractivity contribution < 1.29 is 9.53 Å². The van der Waals surface area contributed by atoms with Gasteiger partial charge in [-0.1, -0.05) is 12.1 Å². The number of fused-ring (bicyclic) bond motifs is 1. The van der Waals surface area contributed by atoms with Crippen LogP contribution in [0.25, 0.3) is 10.9 Å². The van der Waals surface area contributed by atoms with Gasteiger partial charge in [-0.3, -0.25) is 4.98 Å². The van der Waals surface area contributed by atoms with Crippen molar-refractivity contribution in [2.24, 2.45) is 0 Å². The summed E-state index contributed by atoms with van der Waals surface area (Å²) in [5.41, 5.74) is 1.25. The lowest BCUT2D eigenvalue weighted by Crippen LogP contribution is -2.06. The molecule has 0 N–H and O–H groups in total. The van der Waals surface area contributed by atoms with Gasteiger partial charge in [0.2, 0.25) is 0 Å². The molecule has 0 radical (unpaired) electrons. The highest BCUT2D eigenvalue weighted by Crippen LogP contribution is 2.30. The molecule has 0 bridgehead atoms. The standard InChI is InChI=1S/C12H9Br2NO2/c1-2-17-12(16)8-6-15-11-7(10(8)14)4-3-5-9(11)13/h3-6H,2H2,1H3. The number of rotatable bonds is 2. The Morgan fingerprint density at radius 1 is 1.41 bits per heavy atom. The van der Waals surface area contributed by atoms with E-state index in [-0.39, 0.29) is 5.97 Å². The van der Waals surface area contributed by atoms with Gasteiger partial charge < -0.3 is 4.74 Å². The van der Waals surface area contributed by atoms with E-state index < -0.39 is 0 Å². The number of para-hydroxylation sites is 1. The number of nitrogens with zero attached hydrogens (tertiary/aromatic N) is 1. The maximum atomic E-state index is 11.7. The smallest absolute Gasteiger partial charge is 0.340 e. The van der Waals surface area contributed by atoms with E-state index in [0.717, 1.165) is 15.4 Å². The van der Waals surface area contributed by atoms with Crippen LogP contribution < -0.4 is 0 Å². The van der Waals surface area contributed by atoms with E-state index in [0.29, 0.717) is 16.6 Å². The first-order chi connectivity index (χ1) is 8.15. The lowest BCUT2D eigenvalue weighted by atomic mass is 10.1. The molecule has 0 atom stereocenters. The molecule has 88 valence electrons. The molecule has 1 aromatic carbocycles. The van der Waals surface area contributed by atoms with Crippen LogP contribution >= 0.6 is 31.9 Å². The molecule has 1 aromatic heterocycles. The van der Waals surface area contributed by atoms with E-state index in [2.05, 4.69) is 36.8 Å². The fraction of sp³-hybridized carbons (Fsp3) is 0.167. The van der Waals surface area contributed by atoms with Gasteiger partial charge in [0.25, 0.3) is 0 Å².